The Morgan fingerprint density at radius 3 is 3.14 bits per heavy atom. The van der Waals surface area contributed by atoms with Crippen molar-refractivity contribution in [1.29, 1.82) is 0 Å². The number of furan rings is 1. The van der Waals surface area contributed by atoms with Crippen LogP contribution in [0, 0.1) is 6.92 Å². The van der Waals surface area contributed by atoms with Crippen molar-refractivity contribution >= 4 is 22.2 Å². The second-order valence-electron chi connectivity index (χ2n) is 3.15. The standard InChI is InChI=1S/C10H7N3O/c1-6-2-3-12-10-8(6)9-7(14-10)4-11-5-13-9/h2-5H,1H3. The normalized spacial score (nSPS) is 11.2. The van der Waals surface area contributed by atoms with Gasteiger partial charge in [0.15, 0.2) is 5.58 Å². The molecule has 68 valence electrons. The minimum Gasteiger partial charge on any atom is -0.434 e. The summed E-state index contributed by atoms with van der Waals surface area (Å²) >= 11 is 0. The Balaban J connectivity index is 2.65. The van der Waals surface area contributed by atoms with Crippen molar-refractivity contribution in [3.63, 3.8) is 0 Å². The lowest BCUT2D eigenvalue weighted by molar-refractivity contribution is 0.651. The van der Waals surface area contributed by atoms with Crippen LogP contribution < -0.4 is 0 Å². The first-order chi connectivity index (χ1) is 6.86. The first-order valence-electron chi connectivity index (χ1n) is 4.30. The molecule has 3 aromatic rings. The molecule has 0 aliphatic rings. The van der Waals surface area contributed by atoms with E-state index in [-0.39, 0.29) is 0 Å². The van der Waals surface area contributed by atoms with Crippen LogP contribution in [0.5, 0.6) is 0 Å². The number of hydrogen-bond donors (Lipinski definition) is 0. The molecule has 0 saturated carbocycles. The number of rotatable bonds is 0. The van der Waals surface area contributed by atoms with Crippen molar-refractivity contribution in [3.8, 4) is 0 Å². The van der Waals surface area contributed by atoms with Gasteiger partial charge in [-0.3, -0.25) is 0 Å². The van der Waals surface area contributed by atoms with Crippen LogP contribution in [0.15, 0.2) is 29.2 Å². The molecule has 0 N–H and O–H groups in total. The number of aryl methyl sites for hydroxylation is 1. The average Bonchev–Trinajstić information content (AvgIpc) is 2.57. The molecular weight excluding hydrogens is 178 g/mol. The molecule has 0 fully saturated rings. The fourth-order valence-electron chi connectivity index (χ4n) is 1.58. The van der Waals surface area contributed by atoms with Crippen molar-refractivity contribution in [3.05, 3.63) is 30.4 Å². The molecule has 0 bridgehead atoms. The highest BCUT2D eigenvalue weighted by atomic mass is 16.3. The van der Waals surface area contributed by atoms with E-state index in [0.717, 1.165) is 16.5 Å². The topological polar surface area (TPSA) is 51.8 Å². The highest BCUT2D eigenvalue weighted by molar-refractivity contribution is 6.02. The van der Waals surface area contributed by atoms with E-state index in [1.54, 1.807) is 12.4 Å². The van der Waals surface area contributed by atoms with Gasteiger partial charge in [0, 0.05) is 6.20 Å². The minimum atomic E-state index is 0.625. The molecule has 4 heteroatoms. The van der Waals surface area contributed by atoms with Crippen LogP contribution in [0.2, 0.25) is 0 Å². The third-order valence-corrected chi connectivity index (χ3v) is 2.25. The van der Waals surface area contributed by atoms with E-state index in [4.69, 9.17) is 4.42 Å². The van der Waals surface area contributed by atoms with Crippen molar-refractivity contribution < 1.29 is 4.42 Å². The van der Waals surface area contributed by atoms with E-state index < -0.39 is 0 Å². The molecule has 0 saturated heterocycles. The number of aromatic nitrogens is 3. The van der Waals surface area contributed by atoms with E-state index in [1.807, 2.05) is 13.0 Å². The van der Waals surface area contributed by atoms with Crippen molar-refractivity contribution in [2.45, 2.75) is 6.92 Å². The van der Waals surface area contributed by atoms with Crippen LogP contribution in [0.25, 0.3) is 22.2 Å². The molecular formula is C10H7N3O. The molecule has 0 aliphatic carbocycles. The summed E-state index contributed by atoms with van der Waals surface area (Å²) in [6.07, 6.45) is 4.90. The van der Waals surface area contributed by atoms with Crippen LogP contribution in [0.1, 0.15) is 5.56 Å². The summed E-state index contributed by atoms with van der Waals surface area (Å²) in [6.45, 7) is 2.01. The summed E-state index contributed by atoms with van der Waals surface area (Å²) in [5.41, 5.74) is 3.26. The summed E-state index contributed by atoms with van der Waals surface area (Å²) in [5, 5.41) is 0.977. The third kappa shape index (κ3) is 0.849. The second-order valence-corrected chi connectivity index (χ2v) is 3.15. The quantitative estimate of drug-likeness (QED) is 0.538. The summed E-state index contributed by atoms with van der Waals surface area (Å²) in [4.78, 5) is 12.2. The lowest BCUT2D eigenvalue weighted by atomic mass is 10.2. The van der Waals surface area contributed by atoms with Gasteiger partial charge in [-0.2, -0.15) is 0 Å². The monoisotopic (exact) mass is 185 g/mol. The zero-order valence-electron chi connectivity index (χ0n) is 7.56. The smallest absolute Gasteiger partial charge is 0.229 e. The molecule has 0 atom stereocenters. The van der Waals surface area contributed by atoms with Gasteiger partial charge in [-0.25, -0.2) is 15.0 Å². The summed E-state index contributed by atoms with van der Waals surface area (Å²) in [6, 6.07) is 1.94. The highest BCUT2D eigenvalue weighted by Gasteiger charge is 2.10. The van der Waals surface area contributed by atoms with Gasteiger partial charge in [-0.1, -0.05) is 0 Å². The molecule has 3 aromatic heterocycles. The summed E-state index contributed by atoms with van der Waals surface area (Å²) in [7, 11) is 0. The lowest BCUT2D eigenvalue weighted by Crippen LogP contribution is -1.79. The van der Waals surface area contributed by atoms with Gasteiger partial charge in [0.1, 0.15) is 11.8 Å². The molecule has 0 unspecified atom stereocenters. The molecule has 0 aromatic carbocycles. The lowest BCUT2D eigenvalue weighted by Gasteiger charge is -1.91. The number of hydrogen-bond acceptors (Lipinski definition) is 4. The maximum Gasteiger partial charge on any atom is 0.229 e. The number of nitrogens with zero attached hydrogens (tertiary/aromatic N) is 3. The van der Waals surface area contributed by atoms with Crippen molar-refractivity contribution in [1.82, 2.24) is 15.0 Å². The van der Waals surface area contributed by atoms with Crippen molar-refractivity contribution in [2.75, 3.05) is 0 Å². The molecule has 0 amide bonds. The van der Waals surface area contributed by atoms with Crippen LogP contribution >= 0.6 is 0 Å². The van der Waals surface area contributed by atoms with Gasteiger partial charge in [-0.15, -0.1) is 0 Å². The Bertz CT molecular complexity index is 615. The Labute approximate surface area is 79.6 Å². The summed E-state index contributed by atoms with van der Waals surface area (Å²) < 4.78 is 5.50. The maximum atomic E-state index is 5.50. The van der Waals surface area contributed by atoms with Gasteiger partial charge < -0.3 is 4.42 Å². The molecule has 0 aliphatic heterocycles. The van der Waals surface area contributed by atoms with Gasteiger partial charge in [-0.05, 0) is 18.6 Å². The molecule has 0 radical (unpaired) electrons. The Hall–Kier alpha value is -1.97. The van der Waals surface area contributed by atoms with Crippen LogP contribution in [0.4, 0.5) is 0 Å². The molecule has 14 heavy (non-hydrogen) atoms. The van der Waals surface area contributed by atoms with Gasteiger partial charge in [0.05, 0.1) is 11.6 Å². The largest absolute Gasteiger partial charge is 0.434 e. The first kappa shape index (κ1) is 7.44. The van der Waals surface area contributed by atoms with Crippen LogP contribution in [0.3, 0.4) is 0 Å². The molecule has 3 heterocycles. The Kier molecular flexibility index (Phi) is 1.33. The maximum absolute atomic E-state index is 5.50. The SMILES string of the molecule is Cc1ccnc2oc3cncnc3c12. The zero-order chi connectivity index (χ0) is 9.54. The zero-order valence-corrected chi connectivity index (χ0v) is 7.56. The predicted octanol–water partition coefficient (Wildman–Crippen LogP) is 2.08. The molecule has 4 nitrogen and oxygen atoms in total. The highest BCUT2D eigenvalue weighted by Crippen LogP contribution is 2.26. The van der Waals surface area contributed by atoms with Gasteiger partial charge in [0.25, 0.3) is 0 Å². The fourth-order valence-corrected chi connectivity index (χ4v) is 1.58. The van der Waals surface area contributed by atoms with Gasteiger partial charge >= 0.3 is 0 Å². The number of fused-ring (bicyclic) bond motifs is 3. The van der Waals surface area contributed by atoms with E-state index in [0.29, 0.717) is 11.3 Å². The summed E-state index contributed by atoms with van der Waals surface area (Å²) in [5.74, 6) is 0. The van der Waals surface area contributed by atoms with E-state index >= 15 is 0 Å². The molecule has 3 rings (SSSR count). The first-order valence-corrected chi connectivity index (χ1v) is 4.30. The predicted molar refractivity (Wildman–Crippen MR) is 51.8 cm³/mol. The number of pyridine rings is 1. The van der Waals surface area contributed by atoms with Crippen molar-refractivity contribution in [2.24, 2.45) is 0 Å². The van der Waals surface area contributed by atoms with E-state index in [9.17, 15) is 0 Å². The Morgan fingerprint density at radius 2 is 2.21 bits per heavy atom. The van der Waals surface area contributed by atoms with Crippen LogP contribution in [-0.2, 0) is 0 Å². The van der Waals surface area contributed by atoms with Gasteiger partial charge in [0.2, 0.25) is 5.71 Å². The Morgan fingerprint density at radius 1 is 1.29 bits per heavy atom. The van der Waals surface area contributed by atoms with E-state index in [1.165, 1.54) is 6.33 Å². The molecule has 0 spiro atoms. The fraction of sp³-hybridized carbons (Fsp3) is 0.100. The minimum absolute atomic E-state index is 0.625. The second kappa shape index (κ2) is 2.51. The van der Waals surface area contributed by atoms with E-state index in [2.05, 4.69) is 15.0 Å². The van der Waals surface area contributed by atoms with Crippen LogP contribution in [-0.4, -0.2) is 15.0 Å². The third-order valence-electron chi connectivity index (χ3n) is 2.25. The average molecular weight is 185 g/mol.